The van der Waals surface area contributed by atoms with Crippen LogP contribution in [0.1, 0.15) is 31.2 Å². The van der Waals surface area contributed by atoms with Crippen LogP contribution in [0.15, 0.2) is 22.8 Å². The Morgan fingerprint density at radius 3 is 2.60 bits per heavy atom. The standard InChI is InChI=1S/C13H12F3N3O/c1-12(4-5-12)10-8(11(20)19-18-10)6-7-2-3-9(17-7)13(14,15)16/h2-3,6,17H,4-5H2,1H3,(H,19,20). The van der Waals surface area contributed by atoms with Crippen LogP contribution < -0.4 is 5.43 Å². The van der Waals surface area contributed by atoms with Crippen LogP contribution in [0.2, 0.25) is 0 Å². The van der Waals surface area contributed by atoms with Crippen molar-refractivity contribution in [3.63, 3.8) is 0 Å². The fourth-order valence-corrected chi connectivity index (χ4v) is 2.17. The number of H-pyrrole nitrogens is 1. The smallest absolute Gasteiger partial charge is 0.351 e. The SMILES string of the molecule is CC1(C2=NNC(=O)C2=Cc2ccc(C(F)(F)F)[nH]2)CC1. The molecule has 1 aromatic heterocycles. The summed E-state index contributed by atoms with van der Waals surface area (Å²) in [6, 6.07) is 2.25. The van der Waals surface area contributed by atoms with E-state index in [4.69, 9.17) is 0 Å². The van der Waals surface area contributed by atoms with Gasteiger partial charge in [0.15, 0.2) is 0 Å². The summed E-state index contributed by atoms with van der Waals surface area (Å²) in [5.41, 5.74) is 2.60. The number of nitrogens with zero attached hydrogens (tertiary/aromatic N) is 1. The first-order valence-corrected chi connectivity index (χ1v) is 6.16. The molecule has 0 unspecified atom stereocenters. The van der Waals surface area contributed by atoms with Crippen molar-refractivity contribution in [2.24, 2.45) is 10.5 Å². The Labute approximate surface area is 112 Å². The largest absolute Gasteiger partial charge is 0.431 e. The van der Waals surface area contributed by atoms with Crippen LogP contribution in [0.25, 0.3) is 6.08 Å². The minimum atomic E-state index is -4.42. The molecule has 0 saturated heterocycles. The number of rotatable bonds is 2. The van der Waals surface area contributed by atoms with Gasteiger partial charge < -0.3 is 4.98 Å². The maximum absolute atomic E-state index is 12.5. The van der Waals surface area contributed by atoms with Gasteiger partial charge in [-0.25, -0.2) is 5.43 Å². The number of alkyl halides is 3. The van der Waals surface area contributed by atoms with Gasteiger partial charge >= 0.3 is 6.18 Å². The van der Waals surface area contributed by atoms with Crippen molar-refractivity contribution in [3.05, 3.63) is 29.1 Å². The predicted molar refractivity (Wildman–Crippen MR) is 66.7 cm³/mol. The number of hydrogen-bond acceptors (Lipinski definition) is 2. The lowest BCUT2D eigenvalue weighted by molar-refractivity contribution is -0.140. The molecule has 1 saturated carbocycles. The summed E-state index contributed by atoms with van der Waals surface area (Å²) in [6.45, 7) is 1.98. The van der Waals surface area contributed by atoms with Crippen LogP contribution >= 0.6 is 0 Å². The first-order chi connectivity index (χ1) is 9.29. The fourth-order valence-electron chi connectivity index (χ4n) is 2.17. The Bertz CT molecular complexity index is 636. The molecule has 1 fully saturated rings. The maximum atomic E-state index is 12.5. The van der Waals surface area contributed by atoms with Crippen molar-refractivity contribution in [3.8, 4) is 0 Å². The van der Waals surface area contributed by atoms with E-state index in [1.807, 2.05) is 6.92 Å². The van der Waals surface area contributed by atoms with E-state index in [0.29, 0.717) is 11.3 Å². The van der Waals surface area contributed by atoms with E-state index in [1.54, 1.807) is 0 Å². The molecule has 0 aromatic carbocycles. The second kappa shape index (κ2) is 3.97. The lowest BCUT2D eigenvalue weighted by Gasteiger charge is -2.07. The summed E-state index contributed by atoms with van der Waals surface area (Å²) in [7, 11) is 0. The quantitative estimate of drug-likeness (QED) is 0.806. The molecule has 0 radical (unpaired) electrons. The molecule has 106 valence electrons. The number of aromatic amines is 1. The number of aromatic nitrogens is 1. The molecule has 2 N–H and O–H groups in total. The van der Waals surface area contributed by atoms with Gasteiger partial charge in [-0.1, -0.05) is 6.92 Å². The number of hydrazone groups is 1. The van der Waals surface area contributed by atoms with E-state index in [0.717, 1.165) is 18.9 Å². The van der Waals surface area contributed by atoms with Crippen LogP contribution in [0.5, 0.6) is 0 Å². The Kier molecular flexibility index (Phi) is 2.57. The zero-order valence-electron chi connectivity index (χ0n) is 10.6. The van der Waals surface area contributed by atoms with E-state index in [9.17, 15) is 18.0 Å². The molecule has 4 nitrogen and oxygen atoms in total. The first kappa shape index (κ1) is 13.0. The number of hydrogen-bond donors (Lipinski definition) is 2. The lowest BCUT2D eigenvalue weighted by atomic mass is 9.95. The molecule has 0 spiro atoms. The van der Waals surface area contributed by atoms with Crippen molar-refractivity contribution >= 4 is 17.7 Å². The molecular formula is C13H12F3N3O. The second-order valence-electron chi connectivity index (χ2n) is 5.35. The predicted octanol–water partition coefficient (Wildman–Crippen LogP) is 2.70. The molecule has 1 aliphatic heterocycles. The molecule has 1 amide bonds. The van der Waals surface area contributed by atoms with E-state index in [1.165, 1.54) is 12.1 Å². The Morgan fingerprint density at radius 1 is 1.35 bits per heavy atom. The van der Waals surface area contributed by atoms with Gasteiger partial charge in [-0.05, 0) is 31.1 Å². The molecule has 1 aromatic rings. The van der Waals surface area contributed by atoms with Crippen LogP contribution in [0.3, 0.4) is 0 Å². The normalized spacial score (nSPS) is 22.9. The third-order valence-corrected chi connectivity index (χ3v) is 3.65. The number of amides is 1. The van der Waals surface area contributed by atoms with Gasteiger partial charge in [0.05, 0.1) is 11.3 Å². The first-order valence-electron chi connectivity index (χ1n) is 6.16. The highest BCUT2D eigenvalue weighted by Crippen LogP contribution is 2.49. The second-order valence-corrected chi connectivity index (χ2v) is 5.35. The van der Waals surface area contributed by atoms with E-state index >= 15 is 0 Å². The summed E-state index contributed by atoms with van der Waals surface area (Å²) in [5, 5.41) is 4.00. The van der Waals surface area contributed by atoms with Gasteiger partial charge in [0, 0.05) is 11.1 Å². The molecule has 2 aliphatic rings. The molecular weight excluding hydrogens is 271 g/mol. The minimum Gasteiger partial charge on any atom is -0.351 e. The number of nitrogens with one attached hydrogen (secondary N) is 2. The topological polar surface area (TPSA) is 57.2 Å². The van der Waals surface area contributed by atoms with Gasteiger partial charge in [0.25, 0.3) is 5.91 Å². The average Bonchev–Trinajstić information content (AvgIpc) is 2.78. The van der Waals surface area contributed by atoms with Gasteiger partial charge in [0.1, 0.15) is 5.69 Å². The van der Waals surface area contributed by atoms with E-state index < -0.39 is 11.9 Å². The zero-order chi connectivity index (χ0) is 14.5. The minimum absolute atomic E-state index is 0.134. The van der Waals surface area contributed by atoms with Crippen molar-refractivity contribution in [1.82, 2.24) is 10.4 Å². The van der Waals surface area contributed by atoms with Crippen molar-refractivity contribution in [1.29, 1.82) is 0 Å². The molecule has 20 heavy (non-hydrogen) atoms. The van der Waals surface area contributed by atoms with Crippen molar-refractivity contribution in [2.75, 3.05) is 0 Å². The van der Waals surface area contributed by atoms with Crippen molar-refractivity contribution < 1.29 is 18.0 Å². The third kappa shape index (κ3) is 2.13. The van der Waals surface area contributed by atoms with E-state index in [2.05, 4.69) is 15.5 Å². The summed E-state index contributed by atoms with van der Waals surface area (Å²) in [6.07, 6.45) is -1.15. The molecule has 0 atom stereocenters. The van der Waals surface area contributed by atoms with Gasteiger partial charge in [-0.15, -0.1) is 0 Å². The van der Waals surface area contributed by atoms with Gasteiger partial charge in [-0.3, -0.25) is 4.79 Å². The monoisotopic (exact) mass is 283 g/mol. The Morgan fingerprint density at radius 2 is 2.05 bits per heavy atom. The number of halogens is 3. The maximum Gasteiger partial charge on any atom is 0.431 e. The zero-order valence-corrected chi connectivity index (χ0v) is 10.6. The Balaban J connectivity index is 1.93. The summed E-state index contributed by atoms with van der Waals surface area (Å²) in [5.74, 6) is -0.378. The molecule has 1 aliphatic carbocycles. The molecule has 2 heterocycles. The molecule has 7 heteroatoms. The van der Waals surface area contributed by atoms with Crippen LogP contribution in [0.4, 0.5) is 13.2 Å². The average molecular weight is 283 g/mol. The number of carbonyl (C=O) groups excluding carboxylic acids is 1. The Hall–Kier alpha value is -2.05. The summed E-state index contributed by atoms with van der Waals surface area (Å²) in [4.78, 5) is 14.0. The fraction of sp³-hybridized carbons (Fsp3) is 0.385. The summed E-state index contributed by atoms with van der Waals surface area (Å²) < 4.78 is 37.5. The van der Waals surface area contributed by atoms with Crippen LogP contribution in [0, 0.1) is 5.41 Å². The highest BCUT2D eigenvalue weighted by Gasteiger charge is 2.47. The molecule has 0 bridgehead atoms. The summed E-state index contributed by atoms with van der Waals surface area (Å²) >= 11 is 0. The van der Waals surface area contributed by atoms with Crippen LogP contribution in [-0.2, 0) is 11.0 Å². The molecule has 3 rings (SSSR count). The number of carbonyl (C=O) groups is 1. The van der Waals surface area contributed by atoms with Gasteiger partial charge in [-0.2, -0.15) is 18.3 Å². The highest BCUT2D eigenvalue weighted by molar-refractivity contribution is 6.29. The highest BCUT2D eigenvalue weighted by atomic mass is 19.4. The van der Waals surface area contributed by atoms with E-state index in [-0.39, 0.29) is 17.0 Å². The third-order valence-electron chi connectivity index (χ3n) is 3.65. The van der Waals surface area contributed by atoms with Crippen molar-refractivity contribution in [2.45, 2.75) is 25.9 Å². The lowest BCUT2D eigenvalue weighted by Crippen LogP contribution is -2.17. The van der Waals surface area contributed by atoms with Crippen LogP contribution in [-0.4, -0.2) is 16.6 Å². The van der Waals surface area contributed by atoms with Gasteiger partial charge in [0.2, 0.25) is 0 Å².